The standard InChI is InChI=1S/C11H23NO2/c1-7-14-10(13)8-9(12(5)6)11(2,3)4/h9H,7-8H2,1-6H3. The van der Waals surface area contributed by atoms with Crippen LogP contribution in [0.5, 0.6) is 0 Å². The van der Waals surface area contributed by atoms with Gasteiger partial charge in [-0.1, -0.05) is 20.8 Å². The van der Waals surface area contributed by atoms with Crippen LogP contribution in [0.1, 0.15) is 34.1 Å². The third-order valence-corrected chi connectivity index (χ3v) is 2.29. The lowest BCUT2D eigenvalue weighted by molar-refractivity contribution is -0.145. The van der Waals surface area contributed by atoms with E-state index in [1.807, 2.05) is 21.0 Å². The summed E-state index contributed by atoms with van der Waals surface area (Å²) in [6.45, 7) is 8.70. The van der Waals surface area contributed by atoms with E-state index in [-0.39, 0.29) is 17.4 Å². The lowest BCUT2D eigenvalue weighted by Gasteiger charge is -2.35. The number of nitrogens with zero attached hydrogens (tertiary/aromatic N) is 1. The molecule has 3 heteroatoms. The summed E-state index contributed by atoms with van der Waals surface area (Å²) in [5, 5.41) is 0. The highest BCUT2D eigenvalue weighted by Crippen LogP contribution is 2.25. The van der Waals surface area contributed by atoms with E-state index in [0.717, 1.165) is 0 Å². The third-order valence-electron chi connectivity index (χ3n) is 2.29. The molecule has 0 saturated heterocycles. The van der Waals surface area contributed by atoms with Crippen LogP contribution in [0.2, 0.25) is 0 Å². The second-order valence-corrected chi connectivity index (χ2v) is 4.85. The molecule has 0 N–H and O–H groups in total. The lowest BCUT2D eigenvalue weighted by Crippen LogP contribution is -2.41. The molecule has 0 aromatic carbocycles. The van der Waals surface area contributed by atoms with Crippen LogP contribution in [0.3, 0.4) is 0 Å². The minimum atomic E-state index is -0.110. The first-order chi connectivity index (χ1) is 6.29. The van der Waals surface area contributed by atoms with Crippen molar-refractivity contribution >= 4 is 5.97 Å². The molecule has 0 amide bonds. The molecule has 14 heavy (non-hydrogen) atoms. The molecule has 0 bridgehead atoms. The van der Waals surface area contributed by atoms with Crippen LogP contribution >= 0.6 is 0 Å². The number of carbonyl (C=O) groups is 1. The van der Waals surface area contributed by atoms with Crippen LogP contribution < -0.4 is 0 Å². The number of hydrogen-bond donors (Lipinski definition) is 0. The highest BCUT2D eigenvalue weighted by molar-refractivity contribution is 5.70. The molecule has 0 aromatic heterocycles. The zero-order valence-electron chi connectivity index (χ0n) is 10.3. The Kier molecular flexibility index (Phi) is 5.13. The van der Waals surface area contributed by atoms with Crippen molar-refractivity contribution in [1.29, 1.82) is 0 Å². The van der Waals surface area contributed by atoms with E-state index in [1.54, 1.807) is 0 Å². The number of esters is 1. The zero-order valence-corrected chi connectivity index (χ0v) is 10.3. The fourth-order valence-corrected chi connectivity index (χ4v) is 1.64. The second-order valence-electron chi connectivity index (χ2n) is 4.85. The topological polar surface area (TPSA) is 29.5 Å². The normalized spacial score (nSPS) is 14.2. The van der Waals surface area contributed by atoms with Crippen molar-refractivity contribution in [1.82, 2.24) is 4.90 Å². The summed E-state index contributed by atoms with van der Waals surface area (Å²) in [7, 11) is 3.99. The Labute approximate surface area is 87.4 Å². The number of carbonyl (C=O) groups excluding carboxylic acids is 1. The maximum Gasteiger partial charge on any atom is 0.307 e. The molecule has 0 radical (unpaired) electrons. The van der Waals surface area contributed by atoms with Crippen LogP contribution in [0.15, 0.2) is 0 Å². The van der Waals surface area contributed by atoms with E-state index in [4.69, 9.17) is 4.74 Å². The Bertz CT molecular complexity index is 182. The summed E-state index contributed by atoms with van der Waals surface area (Å²) in [4.78, 5) is 13.4. The van der Waals surface area contributed by atoms with Crippen molar-refractivity contribution in [3.63, 3.8) is 0 Å². The summed E-state index contributed by atoms with van der Waals surface area (Å²) in [6.07, 6.45) is 0.463. The molecule has 0 spiro atoms. The molecular formula is C11H23NO2. The summed E-state index contributed by atoms with van der Waals surface area (Å²) < 4.78 is 4.95. The highest BCUT2D eigenvalue weighted by Gasteiger charge is 2.29. The third kappa shape index (κ3) is 4.61. The second kappa shape index (κ2) is 5.35. The molecule has 84 valence electrons. The number of ether oxygens (including phenoxy) is 1. The maximum atomic E-state index is 11.4. The molecule has 0 fully saturated rings. The molecule has 0 heterocycles. The molecule has 0 aliphatic carbocycles. The molecule has 0 rings (SSSR count). The first-order valence-corrected chi connectivity index (χ1v) is 5.11. The molecule has 0 aliphatic rings. The SMILES string of the molecule is CCOC(=O)CC(N(C)C)C(C)(C)C. The van der Waals surface area contributed by atoms with Crippen LogP contribution in [0, 0.1) is 5.41 Å². The highest BCUT2D eigenvalue weighted by atomic mass is 16.5. The average Bonchev–Trinajstić information content (AvgIpc) is 1.98. The minimum absolute atomic E-state index is 0.0935. The molecule has 0 aromatic rings. The van der Waals surface area contributed by atoms with E-state index in [1.165, 1.54) is 0 Å². The van der Waals surface area contributed by atoms with Crippen LogP contribution in [-0.4, -0.2) is 37.6 Å². The Balaban J connectivity index is 4.32. The van der Waals surface area contributed by atoms with Crippen molar-refractivity contribution < 1.29 is 9.53 Å². The van der Waals surface area contributed by atoms with E-state index in [0.29, 0.717) is 13.0 Å². The Hall–Kier alpha value is -0.570. The van der Waals surface area contributed by atoms with Gasteiger partial charge in [-0.2, -0.15) is 0 Å². The van der Waals surface area contributed by atoms with Gasteiger partial charge in [0.1, 0.15) is 0 Å². The van der Waals surface area contributed by atoms with Gasteiger partial charge in [0.05, 0.1) is 13.0 Å². The van der Waals surface area contributed by atoms with Gasteiger partial charge in [0.15, 0.2) is 0 Å². The van der Waals surface area contributed by atoms with Crippen molar-refractivity contribution in [3.05, 3.63) is 0 Å². The van der Waals surface area contributed by atoms with Gasteiger partial charge in [-0.05, 0) is 26.4 Å². The maximum absolute atomic E-state index is 11.4. The van der Waals surface area contributed by atoms with Gasteiger partial charge in [0.2, 0.25) is 0 Å². The summed E-state index contributed by atoms with van der Waals surface area (Å²) in [6, 6.07) is 0.224. The first-order valence-electron chi connectivity index (χ1n) is 5.11. The smallest absolute Gasteiger partial charge is 0.307 e. The molecule has 0 aliphatic heterocycles. The molecule has 1 unspecified atom stereocenters. The van der Waals surface area contributed by atoms with Crippen LogP contribution in [0.25, 0.3) is 0 Å². The van der Waals surface area contributed by atoms with Gasteiger partial charge in [0.25, 0.3) is 0 Å². The molecule has 1 atom stereocenters. The Morgan fingerprint density at radius 1 is 1.36 bits per heavy atom. The summed E-state index contributed by atoms with van der Waals surface area (Å²) in [5.74, 6) is -0.110. The predicted octanol–water partition coefficient (Wildman–Crippen LogP) is 1.92. The van der Waals surface area contributed by atoms with Gasteiger partial charge in [-0.3, -0.25) is 4.79 Å². The monoisotopic (exact) mass is 201 g/mol. The zero-order chi connectivity index (χ0) is 11.4. The van der Waals surface area contributed by atoms with Gasteiger partial charge in [-0.25, -0.2) is 0 Å². The summed E-state index contributed by atoms with van der Waals surface area (Å²) >= 11 is 0. The van der Waals surface area contributed by atoms with Crippen LogP contribution in [0.4, 0.5) is 0 Å². The molecular weight excluding hydrogens is 178 g/mol. The Morgan fingerprint density at radius 3 is 2.14 bits per heavy atom. The van der Waals surface area contributed by atoms with E-state index in [9.17, 15) is 4.79 Å². The van der Waals surface area contributed by atoms with E-state index < -0.39 is 0 Å². The Morgan fingerprint density at radius 2 is 1.86 bits per heavy atom. The van der Waals surface area contributed by atoms with Crippen molar-refractivity contribution in [2.24, 2.45) is 5.41 Å². The largest absolute Gasteiger partial charge is 0.466 e. The van der Waals surface area contributed by atoms with Crippen molar-refractivity contribution in [2.45, 2.75) is 40.2 Å². The molecule has 3 nitrogen and oxygen atoms in total. The number of rotatable bonds is 4. The van der Waals surface area contributed by atoms with Crippen molar-refractivity contribution in [2.75, 3.05) is 20.7 Å². The fraction of sp³-hybridized carbons (Fsp3) is 0.909. The van der Waals surface area contributed by atoms with Gasteiger partial charge in [0, 0.05) is 6.04 Å². The first kappa shape index (κ1) is 13.4. The average molecular weight is 201 g/mol. The summed E-state index contributed by atoms with van der Waals surface area (Å²) in [5.41, 5.74) is 0.0935. The van der Waals surface area contributed by atoms with Crippen LogP contribution in [-0.2, 0) is 9.53 Å². The predicted molar refractivity (Wildman–Crippen MR) is 58.2 cm³/mol. The fourth-order valence-electron chi connectivity index (χ4n) is 1.64. The number of hydrogen-bond acceptors (Lipinski definition) is 3. The van der Waals surface area contributed by atoms with Gasteiger partial charge < -0.3 is 9.64 Å². The lowest BCUT2D eigenvalue weighted by atomic mass is 9.84. The molecule has 0 saturated carbocycles. The quantitative estimate of drug-likeness (QED) is 0.651. The van der Waals surface area contributed by atoms with E-state index >= 15 is 0 Å². The van der Waals surface area contributed by atoms with E-state index in [2.05, 4.69) is 25.7 Å². The van der Waals surface area contributed by atoms with Gasteiger partial charge in [-0.15, -0.1) is 0 Å². The van der Waals surface area contributed by atoms with Gasteiger partial charge >= 0.3 is 5.97 Å². The van der Waals surface area contributed by atoms with Crippen molar-refractivity contribution in [3.8, 4) is 0 Å². The minimum Gasteiger partial charge on any atom is -0.466 e.